The number of nitrogens with zero attached hydrogens (tertiary/aromatic N) is 1. The SMILES string of the molecule is O=c1nc(-c2ccccc2)c2ccc(C(F)(F)F)cc2[nH]1. The number of benzene rings is 2. The van der Waals surface area contributed by atoms with Crippen LogP contribution in [0.5, 0.6) is 0 Å². The van der Waals surface area contributed by atoms with Gasteiger partial charge in [-0.3, -0.25) is 0 Å². The standard InChI is InChI=1S/C15H9F3N2O/c16-15(17,18)10-6-7-11-12(8-10)19-14(21)20-13(11)9-4-2-1-3-5-9/h1-8H,(H,19,20,21). The molecule has 0 aliphatic rings. The summed E-state index contributed by atoms with van der Waals surface area (Å²) in [6, 6.07) is 12.1. The summed E-state index contributed by atoms with van der Waals surface area (Å²) in [5.74, 6) is 0. The maximum Gasteiger partial charge on any atom is 0.416 e. The van der Waals surface area contributed by atoms with Crippen molar-refractivity contribution in [2.45, 2.75) is 6.18 Å². The Labute approximate surface area is 117 Å². The number of nitrogens with one attached hydrogen (secondary N) is 1. The molecule has 0 atom stereocenters. The van der Waals surface area contributed by atoms with Gasteiger partial charge in [0.15, 0.2) is 0 Å². The molecule has 3 rings (SSSR count). The van der Waals surface area contributed by atoms with Crippen molar-refractivity contribution in [1.29, 1.82) is 0 Å². The molecule has 3 nitrogen and oxygen atoms in total. The molecule has 0 spiro atoms. The van der Waals surface area contributed by atoms with Crippen molar-refractivity contribution >= 4 is 10.9 Å². The smallest absolute Gasteiger partial charge is 0.305 e. The lowest BCUT2D eigenvalue weighted by Crippen LogP contribution is -2.12. The van der Waals surface area contributed by atoms with Crippen molar-refractivity contribution in [3.05, 3.63) is 64.6 Å². The topological polar surface area (TPSA) is 45.8 Å². The maximum absolute atomic E-state index is 12.7. The van der Waals surface area contributed by atoms with Gasteiger partial charge in [0.1, 0.15) is 0 Å². The van der Waals surface area contributed by atoms with Crippen molar-refractivity contribution in [1.82, 2.24) is 9.97 Å². The Morgan fingerprint density at radius 2 is 1.71 bits per heavy atom. The summed E-state index contributed by atoms with van der Waals surface area (Å²) in [5.41, 5.74) is -0.336. The van der Waals surface area contributed by atoms with Gasteiger partial charge in [0.25, 0.3) is 0 Å². The third-order valence-corrected chi connectivity index (χ3v) is 3.10. The molecular weight excluding hydrogens is 281 g/mol. The Bertz CT molecular complexity index is 854. The highest BCUT2D eigenvalue weighted by Gasteiger charge is 2.30. The summed E-state index contributed by atoms with van der Waals surface area (Å²) < 4.78 is 38.2. The Hall–Kier alpha value is -2.63. The minimum atomic E-state index is -4.46. The van der Waals surface area contributed by atoms with Crippen molar-refractivity contribution in [3.8, 4) is 11.3 Å². The van der Waals surface area contributed by atoms with Crippen LogP contribution in [0, 0.1) is 0 Å². The minimum Gasteiger partial charge on any atom is -0.305 e. The molecule has 1 heterocycles. The van der Waals surface area contributed by atoms with E-state index in [1.807, 2.05) is 0 Å². The number of hydrogen-bond acceptors (Lipinski definition) is 2. The average molecular weight is 290 g/mol. The van der Waals surface area contributed by atoms with Gasteiger partial charge in [0.2, 0.25) is 0 Å². The van der Waals surface area contributed by atoms with Crippen LogP contribution in [-0.4, -0.2) is 9.97 Å². The van der Waals surface area contributed by atoms with E-state index in [0.29, 0.717) is 16.6 Å². The van der Waals surface area contributed by atoms with E-state index in [9.17, 15) is 18.0 Å². The highest BCUT2D eigenvalue weighted by molar-refractivity contribution is 5.92. The highest BCUT2D eigenvalue weighted by Crippen LogP contribution is 2.32. The van der Waals surface area contributed by atoms with Gasteiger partial charge in [-0.05, 0) is 12.1 Å². The third kappa shape index (κ3) is 2.52. The number of aromatic nitrogens is 2. The normalized spacial score (nSPS) is 11.8. The Kier molecular flexibility index (Phi) is 3.01. The molecule has 3 aromatic rings. The molecule has 1 N–H and O–H groups in total. The molecule has 21 heavy (non-hydrogen) atoms. The lowest BCUT2D eigenvalue weighted by atomic mass is 10.0. The van der Waals surface area contributed by atoms with Gasteiger partial charge in [-0.2, -0.15) is 18.2 Å². The van der Waals surface area contributed by atoms with Gasteiger partial charge >= 0.3 is 11.9 Å². The van der Waals surface area contributed by atoms with Crippen molar-refractivity contribution in [2.75, 3.05) is 0 Å². The molecule has 0 amide bonds. The summed E-state index contributed by atoms with van der Waals surface area (Å²) in [7, 11) is 0. The predicted molar refractivity (Wildman–Crippen MR) is 72.8 cm³/mol. The van der Waals surface area contributed by atoms with Crippen molar-refractivity contribution in [2.24, 2.45) is 0 Å². The second kappa shape index (κ2) is 4.73. The zero-order chi connectivity index (χ0) is 15.0. The van der Waals surface area contributed by atoms with Crippen molar-refractivity contribution < 1.29 is 13.2 Å². The fraction of sp³-hybridized carbons (Fsp3) is 0.0667. The predicted octanol–water partition coefficient (Wildman–Crippen LogP) is 3.61. The summed E-state index contributed by atoms with van der Waals surface area (Å²) in [6.45, 7) is 0. The van der Waals surface area contributed by atoms with Gasteiger partial charge in [-0.15, -0.1) is 0 Å². The van der Waals surface area contributed by atoms with Gasteiger partial charge in [-0.1, -0.05) is 36.4 Å². The monoisotopic (exact) mass is 290 g/mol. The van der Waals surface area contributed by atoms with Crippen LogP contribution in [-0.2, 0) is 6.18 Å². The maximum atomic E-state index is 12.7. The lowest BCUT2D eigenvalue weighted by Gasteiger charge is -2.09. The van der Waals surface area contributed by atoms with E-state index in [4.69, 9.17) is 0 Å². The van der Waals surface area contributed by atoms with E-state index < -0.39 is 17.4 Å². The molecule has 0 saturated heterocycles. The van der Waals surface area contributed by atoms with E-state index in [1.165, 1.54) is 6.07 Å². The van der Waals surface area contributed by atoms with E-state index in [1.54, 1.807) is 30.3 Å². The van der Waals surface area contributed by atoms with Gasteiger partial charge in [-0.25, -0.2) is 4.79 Å². The first-order valence-corrected chi connectivity index (χ1v) is 6.12. The Morgan fingerprint density at radius 1 is 1.00 bits per heavy atom. The fourth-order valence-electron chi connectivity index (χ4n) is 2.15. The van der Waals surface area contributed by atoms with Crippen LogP contribution >= 0.6 is 0 Å². The van der Waals surface area contributed by atoms with Crippen LogP contribution in [0.3, 0.4) is 0 Å². The van der Waals surface area contributed by atoms with E-state index in [-0.39, 0.29) is 5.52 Å². The Morgan fingerprint density at radius 3 is 2.38 bits per heavy atom. The number of aromatic amines is 1. The van der Waals surface area contributed by atoms with Gasteiger partial charge in [0.05, 0.1) is 16.8 Å². The number of fused-ring (bicyclic) bond motifs is 1. The molecule has 0 aliphatic heterocycles. The zero-order valence-corrected chi connectivity index (χ0v) is 10.6. The Balaban J connectivity index is 2.30. The number of H-pyrrole nitrogens is 1. The average Bonchev–Trinajstić information content (AvgIpc) is 2.45. The van der Waals surface area contributed by atoms with Gasteiger partial charge in [0, 0.05) is 10.9 Å². The van der Waals surface area contributed by atoms with E-state index >= 15 is 0 Å². The first-order chi connectivity index (χ1) is 9.95. The molecule has 0 saturated carbocycles. The summed E-state index contributed by atoms with van der Waals surface area (Å²) in [4.78, 5) is 17.8. The number of halogens is 3. The number of hydrogen-bond donors (Lipinski definition) is 1. The molecule has 0 bridgehead atoms. The first kappa shape index (κ1) is 13.4. The zero-order valence-electron chi connectivity index (χ0n) is 10.6. The summed E-state index contributed by atoms with van der Waals surface area (Å²) in [5, 5.41) is 0.466. The third-order valence-electron chi connectivity index (χ3n) is 3.10. The second-order valence-electron chi connectivity index (χ2n) is 4.51. The largest absolute Gasteiger partial charge is 0.416 e. The van der Waals surface area contributed by atoms with Crippen LogP contribution < -0.4 is 5.69 Å². The first-order valence-electron chi connectivity index (χ1n) is 6.12. The molecular formula is C15H9F3N2O. The van der Waals surface area contributed by atoms with Crippen LogP contribution in [0.4, 0.5) is 13.2 Å². The van der Waals surface area contributed by atoms with Gasteiger partial charge < -0.3 is 4.98 Å². The summed E-state index contributed by atoms with van der Waals surface area (Å²) >= 11 is 0. The molecule has 0 fully saturated rings. The van der Waals surface area contributed by atoms with Crippen LogP contribution in [0.2, 0.25) is 0 Å². The molecule has 0 aliphatic carbocycles. The molecule has 1 aromatic heterocycles. The molecule has 6 heteroatoms. The lowest BCUT2D eigenvalue weighted by molar-refractivity contribution is -0.137. The molecule has 0 radical (unpaired) electrons. The minimum absolute atomic E-state index is 0.115. The molecule has 106 valence electrons. The molecule has 0 unspecified atom stereocenters. The highest BCUT2D eigenvalue weighted by atomic mass is 19.4. The van der Waals surface area contributed by atoms with Crippen LogP contribution in [0.25, 0.3) is 22.2 Å². The fourth-order valence-corrected chi connectivity index (χ4v) is 2.15. The van der Waals surface area contributed by atoms with Crippen LogP contribution in [0.1, 0.15) is 5.56 Å². The van der Waals surface area contributed by atoms with E-state index in [2.05, 4.69) is 9.97 Å². The molecule has 2 aromatic carbocycles. The van der Waals surface area contributed by atoms with E-state index in [0.717, 1.165) is 12.1 Å². The number of alkyl halides is 3. The number of rotatable bonds is 1. The summed E-state index contributed by atoms with van der Waals surface area (Å²) in [6.07, 6.45) is -4.46. The second-order valence-corrected chi connectivity index (χ2v) is 4.51. The van der Waals surface area contributed by atoms with Crippen molar-refractivity contribution in [3.63, 3.8) is 0 Å². The van der Waals surface area contributed by atoms with Crippen LogP contribution in [0.15, 0.2) is 53.3 Å². The quantitative estimate of drug-likeness (QED) is 0.744.